The topological polar surface area (TPSA) is 42.0 Å². The summed E-state index contributed by atoms with van der Waals surface area (Å²) in [5.41, 5.74) is 1.48. The van der Waals surface area contributed by atoms with Gasteiger partial charge in [0, 0.05) is 21.1 Å². The molecule has 6 heteroatoms. The molecule has 1 aromatic heterocycles. The first-order valence-electron chi connectivity index (χ1n) is 6.66. The van der Waals surface area contributed by atoms with Gasteiger partial charge in [0.15, 0.2) is 0 Å². The number of nitrogens with zero attached hydrogens (tertiary/aromatic N) is 1. The van der Waals surface area contributed by atoms with Crippen LogP contribution in [-0.4, -0.2) is 10.3 Å². The average molecular weight is 351 g/mol. The SMILES string of the molecule is CC(C(=O)Nc1ccc(Cl)cc1)c1nsc2cc(Cl)ccc12. The number of fused-ring (bicyclic) bond motifs is 1. The Hall–Kier alpha value is -1.62. The molecule has 3 aromatic rings. The summed E-state index contributed by atoms with van der Waals surface area (Å²) in [5.74, 6) is -0.463. The van der Waals surface area contributed by atoms with Crippen LogP contribution in [0.4, 0.5) is 5.69 Å². The number of carbonyl (C=O) groups excluding carboxylic acids is 1. The van der Waals surface area contributed by atoms with Crippen molar-refractivity contribution in [1.82, 2.24) is 4.37 Å². The number of rotatable bonds is 3. The average Bonchev–Trinajstić information content (AvgIpc) is 2.91. The van der Waals surface area contributed by atoms with Gasteiger partial charge in [0.05, 0.1) is 16.3 Å². The monoisotopic (exact) mass is 350 g/mol. The zero-order valence-corrected chi connectivity index (χ0v) is 14.0. The van der Waals surface area contributed by atoms with E-state index < -0.39 is 0 Å². The lowest BCUT2D eigenvalue weighted by Gasteiger charge is -2.11. The van der Waals surface area contributed by atoms with E-state index in [9.17, 15) is 4.79 Å². The number of nitrogens with one attached hydrogen (secondary N) is 1. The minimum absolute atomic E-state index is 0.107. The van der Waals surface area contributed by atoms with Crippen LogP contribution in [0.25, 0.3) is 10.1 Å². The van der Waals surface area contributed by atoms with E-state index in [0.717, 1.165) is 15.8 Å². The standard InChI is InChI=1S/C16H12Cl2N2OS/c1-9(16(21)19-12-5-2-10(17)3-6-12)15-13-7-4-11(18)8-14(13)22-20-15/h2-9H,1H3,(H,19,21). The molecule has 0 fully saturated rings. The molecule has 3 rings (SSSR count). The quantitative estimate of drug-likeness (QED) is 0.692. The Labute approximate surface area is 142 Å². The summed E-state index contributed by atoms with van der Waals surface area (Å²) in [6.45, 7) is 1.84. The molecule has 3 nitrogen and oxygen atoms in total. The first kappa shape index (κ1) is 15.3. The van der Waals surface area contributed by atoms with Crippen LogP contribution in [0.15, 0.2) is 42.5 Å². The minimum Gasteiger partial charge on any atom is -0.326 e. The smallest absolute Gasteiger partial charge is 0.233 e. The number of amides is 1. The van der Waals surface area contributed by atoms with Crippen LogP contribution in [0.3, 0.4) is 0 Å². The van der Waals surface area contributed by atoms with E-state index >= 15 is 0 Å². The minimum atomic E-state index is -0.356. The molecule has 1 unspecified atom stereocenters. The summed E-state index contributed by atoms with van der Waals surface area (Å²) in [6.07, 6.45) is 0. The fourth-order valence-electron chi connectivity index (χ4n) is 2.15. The summed E-state index contributed by atoms with van der Waals surface area (Å²) >= 11 is 13.2. The van der Waals surface area contributed by atoms with Crippen molar-refractivity contribution in [1.29, 1.82) is 0 Å². The van der Waals surface area contributed by atoms with Gasteiger partial charge in [-0.2, -0.15) is 4.37 Å². The van der Waals surface area contributed by atoms with Crippen LogP contribution in [0, 0.1) is 0 Å². The van der Waals surface area contributed by atoms with Crippen LogP contribution < -0.4 is 5.32 Å². The van der Waals surface area contributed by atoms with Crippen molar-refractivity contribution in [3.05, 3.63) is 58.2 Å². The van der Waals surface area contributed by atoms with Crippen LogP contribution >= 0.6 is 34.7 Å². The Morgan fingerprint density at radius 3 is 2.55 bits per heavy atom. The molecule has 0 aliphatic heterocycles. The van der Waals surface area contributed by atoms with Crippen molar-refractivity contribution in [3.63, 3.8) is 0 Å². The Morgan fingerprint density at radius 1 is 1.14 bits per heavy atom. The third-order valence-electron chi connectivity index (χ3n) is 3.38. The van der Waals surface area contributed by atoms with Crippen LogP contribution in [-0.2, 0) is 4.79 Å². The van der Waals surface area contributed by atoms with Gasteiger partial charge in [-0.05, 0) is 54.9 Å². The Bertz CT molecular complexity index is 830. The van der Waals surface area contributed by atoms with Gasteiger partial charge >= 0.3 is 0 Å². The highest BCUT2D eigenvalue weighted by Gasteiger charge is 2.21. The molecule has 1 atom stereocenters. The molecule has 112 valence electrons. The first-order valence-corrected chi connectivity index (χ1v) is 8.19. The fourth-order valence-corrected chi connectivity index (χ4v) is 3.42. The van der Waals surface area contributed by atoms with Crippen LogP contribution in [0.5, 0.6) is 0 Å². The van der Waals surface area contributed by atoms with E-state index in [4.69, 9.17) is 23.2 Å². The first-order chi connectivity index (χ1) is 10.5. The van der Waals surface area contributed by atoms with Gasteiger partial charge in [-0.15, -0.1) is 0 Å². The molecule has 0 aliphatic rings. The highest BCUT2D eigenvalue weighted by Crippen LogP contribution is 2.31. The largest absolute Gasteiger partial charge is 0.326 e. The number of anilines is 1. The fraction of sp³-hybridized carbons (Fsp3) is 0.125. The number of hydrogen-bond donors (Lipinski definition) is 1. The zero-order valence-electron chi connectivity index (χ0n) is 11.6. The second-order valence-electron chi connectivity index (χ2n) is 4.93. The summed E-state index contributed by atoms with van der Waals surface area (Å²) in [4.78, 5) is 12.4. The number of aromatic nitrogens is 1. The van der Waals surface area contributed by atoms with E-state index in [1.54, 1.807) is 24.3 Å². The van der Waals surface area contributed by atoms with Crippen molar-refractivity contribution in [3.8, 4) is 0 Å². The number of carbonyl (C=O) groups is 1. The lowest BCUT2D eigenvalue weighted by atomic mass is 10.0. The molecule has 22 heavy (non-hydrogen) atoms. The van der Waals surface area contributed by atoms with Gasteiger partial charge in [0.1, 0.15) is 0 Å². The van der Waals surface area contributed by atoms with Crippen molar-refractivity contribution in [2.24, 2.45) is 0 Å². The molecule has 0 spiro atoms. The number of hydrogen-bond acceptors (Lipinski definition) is 3. The van der Waals surface area contributed by atoms with E-state index in [1.165, 1.54) is 11.5 Å². The van der Waals surface area contributed by atoms with E-state index in [1.807, 2.05) is 25.1 Å². The number of benzene rings is 2. The van der Waals surface area contributed by atoms with E-state index in [-0.39, 0.29) is 11.8 Å². The Morgan fingerprint density at radius 2 is 1.82 bits per heavy atom. The van der Waals surface area contributed by atoms with E-state index in [0.29, 0.717) is 15.7 Å². The number of halogens is 2. The summed E-state index contributed by atoms with van der Waals surface area (Å²) < 4.78 is 5.39. The van der Waals surface area contributed by atoms with Crippen molar-refractivity contribution >= 4 is 56.4 Å². The van der Waals surface area contributed by atoms with Crippen molar-refractivity contribution < 1.29 is 4.79 Å². The highest BCUT2D eigenvalue weighted by atomic mass is 35.5. The molecule has 1 heterocycles. The van der Waals surface area contributed by atoms with Crippen LogP contribution in [0.2, 0.25) is 10.0 Å². The highest BCUT2D eigenvalue weighted by molar-refractivity contribution is 7.13. The molecule has 0 aliphatic carbocycles. The van der Waals surface area contributed by atoms with Gasteiger partial charge in [-0.25, -0.2) is 0 Å². The summed E-state index contributed by atoms with van der Waals surface area (Å²) in [5, 5.41) is 5.14. The molecule has 1 N–H and O–H groups in total. The zero-order chi connectivity index (χ0) is 15.7. The molecule has 0 radical (unpaired) electrons. The lowest BCUT2D eigenvalue weighted by Crippen LogP contribution is -2.19. The molecular formula is C16H12Cl2N2OS. The third-order valence-corrected chi connectivity index (χ3v) is 4.69. The predicted octanol–water partition coefficient (Wildman–Crippen LogP) is 5.35. The van der Waals surface area contributed by atoms with Gasteiger partial charge in [-0.1, -0.05) is 29.3 Å². The lowest BCUT2D eigenvalue weighted by molar-refractivity contribution is -0.117. The van der Waals surface area contributed by atoms with Gasteiger partial charge in [-0.3, -0.25) is 4.79 Å². The molecule has 0 bridgehead atoms. The van der Waals surface area contributed by atoms with Gasteiger partial charge in [0.2, 0.25) is 5.91 Å². The van der Waals surface area contributed by atoms with Crippen LogP contribution in [0.1, 0.15) is 18.5 Å². The molecule has 2 aromatic carbocycles. The summed E-state index contributed by atoms with van der Waals surface area (Å²) in [7, 11) is 0. The van der Waals surface area contributed by atoms with Gasteiger partial charge in [0.25, 0.3) is 0 Å². The second-order valence-corrected chi connectivity index (χ2v) is 6.60. The second kappa shape index (κ2) is 6.24. The summed E-state index contributed by atoms with van der Waals surface area (Å²) in [6, 6.07) is 12.6. The van der Waals surface area contributed by atoms with Gasteiger partial charge < -0.3 is 5.32 Å². The molecule has 0 saturated carbocycles. The maximum Gasteiger partial charge on any atom is 0.233 e. The Kier molecular flexibility index (Phi) is 4.34. The van der Waals surface area contributed by atoms with Crippen molar-refractivity contribution in [2.45, 2.75) is 12.8 Å². The molecular weight excluding hydrogens is 339 g/mol. The predicted molar refractivity (Wildman–Crippen MR) is 93.1 cm³/mol. The molecule has 1 amide bonds. The normalized spacial score (nSPS) is 12.3. The van der Waals surface area contributed by atoms with E-state index in [2.05, 4.69) is 9.69 Å². The maximum absolute atomic E-state index is 12.4. The third kappa shape index (κ3) is 3.09. The molecule has 0 saturated heterocycles. The maximum atomic E-state index is 12.4. The van der Waals surface area contributed by atoms with Crippen molar-refractivity contribution in [2.75, 3.05) is 5.32 Å². The Balaban J connectivity index is 1.84.